The fourth-order valence-corrected chi connectivity index (χ4v) is 2.37. The molecule has 0 unspecified atom stereocenters. The molecule has 2 aromatic heterocycles. The third kappa shape index (κ3) is 3.22. The van der Waals surface area contributed by atoms with Gasteiger partial charge in [-0.15, -0.1) is 0 Å². The first-order chi connectivity index (χ1) is 11.3. The van der Waals surface area contributed by atoms with Crippen LogP contribution in [0.15, 0.2) is 48.8 Å². The third-order valence-electron chi connectivity index (χ3n) is 3.65. The van der Waals surface area contributed by atoms with Crippen molar-refractivity contribution in [2.45, 2.75) is 33.2 Å². The van der Waals surface area contributed by atoms with E-state index < -0.39 is 0 Å². The summed E-state index contributed by atoms with van der Waals surface area (Å²) < 4.78 is 3.57. The van der Waals surface area contributed by atoms with Crippen molar-refractivity contribution in [3.63, 3.8) is 0 Å². The number of hydrogen-bond donors (Lipinski definition) is 1. The maximum Gasteiger partial charge on any atom is 0.276 e. The molecule has 0 aliphatic rings. The Hall–Kier alpha value is -2.89. The van der Waals surface area contributed by atoms with Gasteiger partial charge in [0.1, 0.15) is 0 Å². The molecular formula is C18H21N5O. The first-order valence-corrected chi connectivity index (χ1v) is 7.83. The van der Waals surface area contributed by atoms with Crippen molar-refractivity contribution in [3.8, 4) is 5.69 Å². The molecule has 0 atom stereocenters. The number of anilines is 1. The number of aromatic nitrogens is 4. The lowest BCUT2D eigenvalue weighted by molar-refractivity contribution is 0.102. The summed E-state index contributed by atoms with van der Waals surface area (Å²) in [6.07, 6.45) is 3.46. The molecule has 1 amide bonds. The molecule has 0 aliphatic carbocycles. The first kappa shape index (κ1) is 16.0. The number of nitrogens with zero attached hydrogens (tertiary/aromatic N) is 4. The Bertz CT molecular complexity index is 855. The quantitative estimate of drug-likeness (QED) is 0.803. The predicted octanol–water partition coefficient (Wildman–Crippen LogP) is 3.38. The van der Waals surface area contributed by atoms with E-state index in [2.05, 4.69) is 36.3 Å². The normalized spacial score (nSPS) is 11.5. The van der Waals surface area contributed by atoms with Gasteiger partial charge >= 0.3 is 0 Å². The highest BCUT2D eigenvalue weighted by Gasteiger charge is 2.17. The van der Waals surface area contributed by atoms with Crippen molar-refractivity contribution in [1.82, 2.24) is 19.6 Å². The van der Waals surface area contributed by atoms with Gasteiger partial charge < -0.3 is 5.32 Å². The van der Waals surface area contributed by atoms with Crippen molar-refractivity contribution < 1.29 is 4.79 Å². The Balaban J connectivity index is 1.80. The first-order valence-electron chi connectivity index (χ1n) is 7.83. The number of rotatable bonds is 3. The van der Waals surface area contributed by atoms with Crippen LogP contribution in [-0.2, 0) is 5.54 Å². The summed E-state index contributed by atoms with van der Waals surface area (Å²) in [5.74, 6) is -0.249. The second-order valence-electron chi connectivity index (χ2n) is 6.72. The van der Waals surface area contributed by atoms with Gasteiger partial charge in [0, 0.05) is 11.9 Å². The number of benzene rings is 1. The number of carbonyl (C=O) groups is 1. The largest absolute Gasteiger partial charge is 0.318 e. The van der Waals surface area contributed by atoms with Crippen molar-refractivity contribution >= 4 is 11.6 Å². The van der Waals surface area contributed by atoms with Gasteiger partial charge in [-0.3, -0.25) is 9.48 Å². The van der Waals surface area contributed by atoms with Crippen LogP contribution in [0.4, 0.5) is 5.69 Å². The van der Waals surface area contributed by atoms with Crippen LogP contribution in [0, 0.1) is 6.92 Å². The van der Waals surface area contributed by atoms with Crippen LogP contribution in [0.2, 0.25) is 0 Å². The maximum atomic E-state index is 12.4. The number of carbonyl (C=O) groups excluding carboxylic acids is 1. The molecule has 6 nitrogen and oxygen atoms in total. The van der Waals surface area contributed by atoms with Crippen LogP contribution < -0.4 is 5.32 Å². The van der Waals surface area contributed by atoms with Crippen LogP contribution in [0.1, 0.15) is 37.0 Å². The zero-order valence-corrected chi connectivity index (χ0v) is 14.3. The van der Waals surface area contributed by atoms with Gasteiger partial charge in [0.05, 0.1) is 23.1 Å². The SMILES string of the molecule is Cc1cc(C(=O)Nc2cnn(C(C)(C)C)c2)nn1-c1ccccc1. The Labute approximate surface area is 141 Å². The van der Waals surface area contributed by atoms with E-state index in [0.29, 0.717) is 11.4 Å². The minimum atomic E-state index is -0.249. The van der Waals surface area contributed by atoms with Gasteiger partial charge in [-0.05, 0) is 45.9 Å². The number of nitrogens with one attached hydrogen (secondary N) is 1. The van der Waals surface area contributed by atoms with Crippen LogP contribution >= 0.6 is 0 Å². The molecule has 2 heterocycles. The van der Waals surface area contributed by atoms with Gasteiger partial charge in [0.15, 0.2) is 5.69 Å². The molecule has 0 aliphatic heterocycles. The molecule has 0 bridgehead atoms. The molecule has 124 valence electrons. The van der Waals surface area contributed by atoms with Gasteiger partial charge in [-0.25, -0.2) is 4.68 Å². The Morgan fingerprint density at radius 1 is 1.17 bits per heavy atom. The van der Waals surface area contributed by atoms with Crippen molar-refractivity contribution in [3.05, 3.63) is 60.2 Å². The lowest BCUT2D eigenvalue weighted by Crippen LogP contribution is -2.22. The van der Waals surface area contributed by atoms with Gasteiger partial charge in [-0.2, -0.15) is 10.2 Å². The van der Waals surface area contributed by atoms with Crippen LogP contribution in [0.5, 0.6) is 0 Å². The Morgan fingerprint density at radius 2 is 1.88 bits per heavy atom. The summed E-state index contributed by atoms with van der Waals surface area (Å²) >= 11 is 0. The molecule has 3 rings (SSSR count). The van der Waals surface area contributed by atoms with Gasteiger partial charge in [0.25, 0.3) is 5.91 Å². The Kier molecular flexibility index (Phi) is 3.97. The second-order valence-corrected chi connectivity index (χ2v) is 6.72. The number of amides is 1. The van der Waals surface area contributed by atoms with E-state index in [1.54, 1.807) is 16.9 Å². The molecule has 24 heavy (non-hydrogen) atoms. The highest BCUT2D eigenvalue weighted by atomic mass is 16.2. The summed E-state index contributed by atoms with van der Waals surface area (Å²) in [7, 11) is 0. The topological polar surface area (TPSA) is 64.7 Å². The summed E-state index contributed by atoms with van der Waals surface area (Å²) in [5.41, 5.74) is 2.72. The van der Waals surface area contributed by atoms with E-state index in [1.807, 2.05) is 48.1 Å². The highest BCUT2D eigenvalue weighted by Crippen LogP contribution is 2.17. The fraction of sp³-hybridized carbons (Fsp3) is 0.278. The van der Waals surface area contributed by atoms with Crippen molar-refractivity contribution in [2.75, 3.05) is 5.32 Å². The fourth-order valence-electron chi connectivity index (χ4n) is 2.37. The number of aryl methyl sites for hydroxylation is 1. The maximum absolute atomic E-state index is 12.4. The molecule has 1 aromatic carbocycles. The summed E-state index contributed by atoms with van der Waals surface area (Å²) in [6.45, 7) is 8.08. The highest BCUT2D eigenvalue weighted by molar-refractivity contribution is 6.02. The third-order valence-corrected chi connectivity index (χ3v) is 3.65. The lowest BCUT2D eigenvalue weighted by Gasteiger charge is -2.18. The zero-order valence-electron chi connectivity index (χ0n) is 14.3. The number of para-hydroxylation sites is 1. The molecule has 0 fully saturated rings. The summed E-state index contributed by atoms with van der Waals surface area (Å²) in [4.78, 5) is 12.4. The predicted molar refractivity (Wildman–Crippen MR) is 93.5 cm³/mol. The molecule has 0 saturated heterocycles. The average molecular weight is 323 g/mol. The molecule has 0 spiro atoms. The van der Waals surface area contributed by atoms with E-state index in [0.717, 1.165) is 11.4 Å². The standard InChI is InChI=1S/C18H21N5O/c1-13-10-16(21-23(13)15-8-6-5-7-9-15)17(24)20-14-11-19-22(12-14)18(2,3)4/h5-12H,1-4H3,(H,20,24). The van der Waals surface area contributed by atoms with E-state index in [-0.39, 0.29) is 11.4 Å². The van der Waals surface area contributed by atoms with E-state index in [4.69, 9.17) is 0 Å². The van der Waals surface area contributed by atoms with Gasteiger partial charge in [-0.1, -0.05) is 18.2 Å². The summed E-state index contributed by atoms with van der Waals surface area (Å²) in [5, 5.41) is 11.5. The van der Waals surface area contributed by atoms with Crippen LogP contribution in [-0.4, -0.2) is 25.5 Å². The van der Waals surface area contributed by atoms with Crippen LogP contribution in [0.3, 0.4) is 0 Å². The molecule has 6 heteroatoms. The van der Waals surface area contributed by atoms with Crippen LogP contribution in [0.25, 0.3) is 5.69 Å². The molecule has 3 aromatic rings. The van der Waals surface area contributed by atoms with E-state index in [1.165, 1.54) is 0 Å². The van der Waals surface area contributed by atoms with Crippen molar-refractivity contribution in [1.29, 1.82) is 0 Å². The second kappa shape index (κ2) is 5.96. The minimum Gasteiger partial charge on any atom is -0.318 e. The van der Waals surface area contributed by atoms with Crippen molar-refractivity contribution in [2.24, 2.45) is 0 Å². The molecular weight excluding hydrogens is 302 g/mol. The lowest BCUT2D eigenvalue weighted by atomic mass is 10.1. The van der Waals surface area contributed by atoms with E-state index >= 15 is 0 Å². The zero-order chi connectivity index (χ0) is 17.3. The number of hydrogen-bond acceptors (Lipinski definition) is 3. The van der Waals surface area contributed by atoms with E-state index in [9.17, 15) is 4.79 Å². The molecule has 1 N–H and O–H groups in total. The smallest absolute Gasteiger partial charge is 0.276 e. The minimum absolute atomic E-state index is 0.131. The monoisotopic (exact) mass is 323 g/mol. The molecule has 0 saturated carbocycles. The Morgan fingerprint density at radius 3 is 2.50 bits per heavy atom. The summed E-state index contributed by atoms with van der Waals surface area (Å²) in [6, 6.07) is 11.5. The average Bonchev–Trinajstić information content (AvgIpc) is 3.14. The molecule has 0 radical (unpaired) electrons. The van der Waals surface area contributed by atoms with Gasteiger partial charge in [0.2, 0.25) is 0 Å².